The van der Waals surface area contributed by atoms with Gasteiger partial charge in [-0.05, 0) is 18.9 Å². The van der Waals surface area contributed by atoms with Crippen LogP contribution in [0.15, 0.2) is 6.07 Å². The summed E-state index contributed by atoms with van der Waals surface area (Å²) >= 11 is 11.5. The van der Waals surface area contributed by atoms with Gasteiger partial charge in [-0.25, -0.2) is 0 Å². The van der Waals surface area contributed by atoms with E-state index >= 15 is 0 Å². The zero-order valence-electron chi connectivity index (χ0n) is 9.94. The number of hydrogen-bond donors (Lipinski definition) is 3. The molecule has 1 rings (SSSR count). The highest BCUT2D eigenvalue weighted by Crippen LogP contribution is 2.22. The molecule has 0 atom stereocenters. The van der Waals surface area contributed by atoms with Crippen molar-refractivity contribution in [3.05, 3.63) is 21.9 Å². The molecular formula is C11H17Cl2N3O. The van der Waals surface area contributed by atoms with Gasteiger partial charge in [0.2, 0.25) is 0 Å². The fourth-order valence-corrected chi connectivity index (χ4v) is 1.91. The normalized spacial score (nSPS) is 11.6. The molecule has 0 aliphatic carbocycles. The number of aromatic nitrogens is 1. The number of carbonyl (C=O) groups is 1. The zero-order chi connectivity index (χ0) is 13.1. The number of nitrogens with two attached hydrogens (primary N) is 1. The fourth-order valence-electron chi connectivity index (χ4n) is 1.60. The van der Waals surface area contributed by atoms with Gasteiger partial charge in [-0.1, -0.05) is 37.0 Å². The average molecular weight is 278 g/mol. The van der Waals surface area contributed by atoms with Gasteiger partial charge in [0.05, 0.1) is 10.6 Å². The van der Waals surface area contributed by atoms with Crippen LogP contribution in [0, 0.1) is 0 Å². The minimum atomic E-state index is -0.374. The molecule has 0 saturated heterocycles. The molecule has 1 aromatic rings. The summed E-state index contributed by atoms with van der Waals surface area (Å²) < 4.78 is 0. The zero-order valence-corrected chi connectivity index (χ0v) is 11.5. The van der Waals surface area contributed by atoms with E-state index in [1.165, 1.54) is 6.07 Å². The lowest BCUT2D eigenvalue weighted by Crippen LogP contribution is -2.52. The topological polar surface area (TPSA) is 70.9 Å². The minimum Gasteiger partial charge on any atom is -0.344 e. The maximum absolute atomic E-state index is 12.0. The second kappa shape index (κ2) is 5.76. The quantitative estimate of drug-likeness (QED) is 0.774. The van der Waals surface area contributed by atoms with Crippen molar-refractivity contribution in [2.75, 3.05) is 6.54 Å². The summed E-state index contributed by atoms with van der Waals surface area (Å²) in [5.74, 6) is -0.243. The van der Waals surface area contributed by atoms with Crippen molar-refractivity contribution in [1.82, 2.24) is 10.3 Å². The third-order valence-electron chi connectivity index (χ3n) is 3.09. The molecule has 0 aromatic carbocycles. The van der Waals surface area contributed by atoms with Crippen LogP contribution in [0.3, 0.4) is 0 Å². The molecule has 4 N–H and O–H groups in total. The molecule has 0 aliphatic heterocycles. The lowest BCUT2D eigenvalue weighted by atomic mass is 9.93. The molecule has 0 radical (unpaired) electrons. The molecule has 4 nitrogen and oxygen atoms in total. The predicted octanol–water partition coefficient (Wildman–Crippen LogP) is 2.57. The van der Waals surface area contributed by atoms with E-state index in [9.17, 15) is 4.79 Å². The second-order valence-corrected chi connectivity index (χ2v) is 4.78. The molecule has 0 aliphatic rings. The first-order valence-electron chi connectivity index (χ1n) is 5.54. The Bertz CT molecular complexity index is 372. The van der Waals surface area contributed by atoms with Gasteiger partial charge in [-0.2, -0.15) is 0 Å². The van der Waals surface area contributed by atoms with Crippen LogP contribution >= 0.6 is 23.2 Å². The third-order valence-corrected chi connectivity index (χ3v) is 3.79. The highest BCUT2D eigenvalue weighted by atomic mass is 35.5. The molecule has 6 heteroatoms. The number of rotatable bonds is 5. The molecule has 17 heavy (non-hydrogen) atoms. The van der Waals surface area contributed by atoms with Crippen molar-refractivity contribution in [3.8, 4) is 0 Å². The van der Waals surface area contributed by atoms with Gasteiger partial charge in [-0.15, -0.1) is 0 Å². The molecule has 96 valence electrons. The number of H-pyrrole nitrogens is 1. The largest absolute Gasteiger partial charge is 0.344 e. The summed E-state index contributed by atoms with van der Waals surface area (Å²) in [5.41, 5.74) is 5.69. The fraction of sp³-hybridized carbons (Fsp3) is 0.545. The Kier molecular flexibility index (Phi) is 4.86. The van der Waals surface area contributed by atoms with E-state index in [4.69, 9.17) is 28.9 Å². The van der Waals surface area contributed by atoms with Crippen molar-refractivity contribution in [3.63, 3.8) is 0 Å². The Labute approximate surface area is 111 Å². The summed E-state index contributed by atoms with van der Waals surface area (Å²) in [6, 6.07) is 1.51. The van der Waals surface area contributed by atoms with Gasteiger partial charge in [0, 0.05) is 6.54 Å². The van der Waals surface area contributed by atoms with Gasteiger partial charge in [0.1, 0.15) is 10.8 Å². The van der Waals surface area contributed by atoms with Crippen LogP contribution in [0.2, 0.25) is 10.2 Å². The summed E-state index contributed by atoms with van der Waals surface area (Å²) in [6.07, 6.45) is 1.54. The third kappa shape index (κ3) is 3.15. The van der Waals surface area contributed by atoms with Crippen molar-refractivity contribution in [2.24, 2.45) is 5.73 Å². The summed E-state index contributed by atoms with van der Waals surface area (Å²) in [5, 5.41) is 3.53. The molecule has 0 saturated carbocycles. The first-order chi connectivity index (χ1) is 7.98. The SMILES string of the molecule is CCC(CC)(CN)NC(=O)c1cc(Cl)c(Cl)[nH]1. The first-order valence-corrected chi connectivity index (χ1v) is 6.30. The Morgan fingerprint density at radius 2 is 2.06 bits per heavy atom. The van der Waals surface area contributed by atoms with Gasteiger partial charge < -0.3 is 16.0 Å². The number of carbonyl (C=O) groups excluding carboxylic acids is 1. The van der Waals surface area contributed by atoms with Crippen molar-refractivity contribution in [1.29, 1.82) is 0 Å². The van der Waals surface area contributed by atoms with Crippen molar-refractivity contribution >= 4 is 29.1 Å². The van der Waals surface area contributed by atoms with Crippen LogP contribution in [0.5, 0.6) is 0 Å². The van der Waals surface area contributed by atoms with Crippen LogP contribution in [-0.2, 0) is 0 Å². The van der Waals surface area contributed by atoms with E-state index in [0.717, 1.165) is 12.8 Å². The minimum absolute atomic E-state index is 0.243. The maximum Gasteiger partial charge on any atom is 0.268 e. The lowest BCUT2D eigenvalue weighted by Gasteiger charge is -2.31. The highest BCUT2D eigenvalue weighted by Gasteiger charge is 2.27. The molecule has 1 amide bonds. The molecule has 0 spiro atoms. The van der Waals surface area contributed by atoms with Gasteiger partial charge in [-0.3, -0.25) is 4.79 Å². The molecule has 0 fully saturated rings. The Hall–Kier alpha value is -0.710. The van der Waals surface area contributed by atoms with Gasteiger partial charge in [0.15, 0.2) is 0 Å². The second-order valence-electron chi connectivity index (χ2n) is 3.99. The van der Waals surface area contributed by atoms with Crippen LogP contribution in [0.4, 0.5) is 0 Å². The number of hydrogen-bond acceptors (Lipinski definition) is 2. The van der Waals surface area contributed by atoms with Crippen LogP contribution in [0.25, 0.3) is 0 Å². The predicted molar refractivity (Wildman–Crippen MR) is 70.6 cm³/mol. The Morgan fingerprint density at radius 3 is 2.41 bits per heavy atom. The molecule has 0 bridgehead atoms. The van der Waals surface area contributed by atoms with Crippen LogP contribution in [-0.4, -0.2) is 23.0 Å². The summed E-state index contributed by atoms with van der Waals surface area (Å²) in [7, 11) is 0. The molecule has 0 unspecified atom stereocenters. The van der Waals surface area contributed by atoms with Crippen molar-refractivity contribution in [2.45, 2.75) is 32.2 Å². The Balaban J connectivity index is 2.84. The van der Waals surface area contributed by atoms with Crippen molar-refractivity contribution < 1.29 is 4.79 Å². The van der Waals surface area contributed by atoms with E-state index in [1.54, 1.807) is 0 Å². The molecular weight excluding hydrogens is 261 g/mol. The lowest BCUT2D eigenvalue weighted by molar-refractivity contribution is 0.0890. The average Bonchev–Trinajstić information content (AvgIpc) is 2.67. The van der Waals surface area contributed by atoms with E-state index < -0.39 is 0 Å². The molecule has 1 heterocycles. The maximum atomic E-state index is 12.0. The van der Waals surface area contributed by atoms with E-state index in [0.29, 0.717) is 17.3 Å². The van der Waals surface area contributed by atoms with E-state index in [1.807, 2.05) is 13.8 Å². The number of amides is 1. The van der Waals surface area contributed by atoms with Gasteiger partial charge >= 0.3 is 0 Å². The van der Waals surface area contributed by atoms with E-state index in [2.05, 4.69) is 10.3 Å². The van der Waals surface area contributed by atoms with Gasteiger partial charge in [0.25, 0.3) is 5.91 Å². The number of nitrogens with one attached hydrogen (secondary N) is 2. The first kappa shape index (κ1) is 14.4. The number of aromatic amines is 1. The van der Waals surface area contributed by atoms with Crippen LogP contribution < -0.4 is 11.1 Å². The summed E-state index contributed by atoms with van der Waals surface area (Å²) in [6.45, 7) is 4.38. The highest BCUT2D eigenvalue weighted by molar-refractivity contribution is 6.41. The smallest absolute Gasteiger partial charge is 0.268 e. The Morgan fingerprint density at radius 1 is 1.47 bits per heavy atom. The molecule has 1 aromatic heterocycles. The summed E-state index contributed by atoms with van der Waals surface area (Å²) in [4.78, 5) is 14.7. The standard InChI is InChI=1S/C11H17Cl2N3O/c1-3-11(4-2,6-14)16-10(17)8-5-7(12)9(13)15-8/h5,15H,3-4,6,14H2,1-2H3,(H,16,17). The van der Waals surface area contributed by atoms with Crippen LogP contribution in [0.1, 0.15) is 37.2 Å². The monoisotopic (exact) mass is 277 g/mol. The number of halogens is 2. The van der Waals surface area contributed by atoms with E-state index in [-0.39, 0.29) is 16.6 Å².